The first kappa shape index (κ1) is 12.9. The molecule has 0 spiro atoms. The van der Waals surface area contributed by atoms with E-state index in [-0.39, 0.29) is 11.8 Å². The second-order valence-corrected chi connectivity index (χ2v) is 3.31. The Morgan fingerprint density at radius 1 is 1.43 bits per heavy atom. The molecule has 3 N–H and O–H groups in total. The van der Waals surface area contributed by atoms with Gasteiger partial charge in [0, 0.05) is 13.6 Å². The average molecular weight is 201 g/mol. The molecule has 0 rings (SSSR count). The molecule has 14 heavy (non-hydrogen) atoms. The molecule has 2 amide bonds. The lowest BCUT2D eigenvalue weighted by Crippen LogP contribution is -2.50. The maximum atomic E-state index is 11.4. The highest BCUT2D eigenvalue weighted by atomic mass is 16.2. The first-order valence-electron chi connectivity index (χ1n) is 4.71. The molecule has 0 aliphatic carbocycles. The molecule has 0 saturated carbocycles. The smallest absolute Gasteiger partial charge is 0.242 e. The molecule has 0 saturated heterocycles. The standard InChI is InChI=1S/C9H19N3O2/c1-5-11-8(13)7(3)12(4)9(14)6(2)10/h6-7H,5,10H2,1-4H3,(H,11,13)/t6-,7-/m0/s1. The van der Waals surface area contributed by atoms with Crippen molar-refractivity contribution in [3.63, 3.8) is 0 Å². The minimum absolute atomic E-state index is 0.163. The van der Waals surface area contributed by atoms with E-state index in [1.807, 2.05) is 6.92 Å². The zero-order valence-electron chi connectivity index (χ0n) is 9.20. The molecule has 0 bridgehead atoms. The van der Waals surface area contributed by atoms with Crippen LogP contribution in [0.4, 0.5) is 0 Å². The van der Waals surface area contributed by atoms with Crippen LogP contribution in [0.5, 0.6) is 0 Å². The molecule has 0 aromatic carbocycles. The van der Waals surface area contributed by atoms with Crippen LogP contribution in [0.1, 0.15) is 20.8 Å². The van der Waals surface area contributed by atoms with Gasteiger partial charge in [0.15, 0.2) is 0 Å². The van der Waals surface area contributed by atoms with Crippen molar-refractivity contribution in [3.05, 3.63) is 0 Å². The number of carbonyl (C=O) groups is 2. The molecule has 82 valence electrons. The quantitative estimate of drug-likeness (QED) is 0.632. The van der Waals surface area contributed by atoms with Crippen LogP contribution in [0.15, 0.2) is 0 Å². The van der Waals surface area contributed by atoms with E-state index in [1.165, 1.54) is 4.90 Å². The van der Waals surface area contributed by atoms with Crippen LogP contribution < -0.4 is 11.1 Å². The van der Waals surface area contributed by atoms with Crippen molar-refractivity contribution in [3.8, 4) is 0 Å². The predicted octanol–water partition coefficient (Wildman–Crippen LogP) is -0.683. The summed E-state index contributed by atoms with van der Waals surface area (Å²) >= 11 is 0. The number of amides is 2. The Labute approximate surface area is 84.6 Å². The summed E-state index contributed by atoms with van der Waals surface area (Å²) in [5.41, 5.74) is 5.43. The maximum absolute atomic E-state index is 11.4. The van der Waals surface area contributed by atoms with Gasteiger partial charge in [0.1, 0.15) is 6.04 Å². The normalized spacial score (nSPS) is 14.4. The average Bonchev–Trinajstić information content (AvgIpc) is 2.14. The molecule has 0 aromatic heterocycles. The number of rotatable bonds is 4. The van der Waals surface area contributed by atoms with E-state index in [2.05, 4.69) is 5.32 Å². The Hall–Kier alpha value is -1.10. The summed E-state index contributed by atoms with van der Waals surface area (Å²) in [6.07, 6.45) is 0. The van der Waals surface area contributed by atoms with Crippen molar-refractivity contribution >= 4 is 11.8 Å². The van der Waals surface area contributed by atoms with Gasteiger partial charge in [0.2, 0.25) is 11.8 Å². The fraction of sp³-hybridized carbons (Fsp3) is 0.778. The highest BCUT2D eigenvalue weighted by molar-refractivity contribution is 5.89. The summed E-state index contributed by atoms with van der Waals surface area (Å²) in [5, 5.41) is 2.65. The summed E-state index contributed by atoms with van der Waals surface area (Å²) in [6.45, 7) is 5.66. The maximum Gasteiger partial charge on any atom is 0.242 e. The van der Waals surface area contributed by atoms with E-state index in [0.29, 0.717) is 6.54 Å². The summed E-state index contributed by atoms with van der Waals surface area (Å²) in [4.78, 5) is 24.1. The number of nitrogens with one attached hydrogen (secondary N) is 1. The van der Waals surface area contributed by atoms with Crippen molar-refractivity contribution < 1.29 is 9.59 Å². The fourth-order valence-electron chi connectivity index (χ4n) is 1.01. The molecule has 0 aromatic rings. The van der Waals surface area contributed by atoms with Gasteiger partial charge in [0.05, 0.1) is 6.04 Å². The molecule has 5 heteroatoms. The van der Waals surface area contributed by atoms with Crippen LogP contribution in [0.2, 0.25) is 0 Å². The van der Waals surface area contributed by atoms with Gasteiger partial charge in [0.25, 0.3) is 0 Å². The molecule has 0 fully saturated rings. The topological polar surface area (TPSA) is 75.4 Å². The Morgan fingerprint density at radius 2 is 1.93 bits per heavy atom. The highest BCUT2D eigenvalue weighted by Crippen LogP contribution is 1.98. The van der Waals surface area contributed by atoms with Gasteiger partial charge >= 0.3 is 0 Å². The van der Waals surface area contributed by atoms with Gasteiger partial charge in [-0.05, 0) is 20.8 Å². The predicted molar refractivity (Wildman–Crippen MR) is 54.6 cm³/mol. The molecular weight excluding hydrogens is 182 g/mol. The van der Waals surface area contributed by atoms with Gasteiger partial charge < -0.3 is 16.0 Å². The molecule has 2 atom stereocenters. The van der Waals surface area contributed by atoms with E-state index >= 15 is 0 Å². The Kier molecular flexibility index (Phi) is 5.15. The van der Waals surface area contributed by atoms with Crippen LogP contribution in [0, 0.1) is 0 Å². The highest BCUT2D eigenvalue weighted by Gasteiger charge is 2.23. The van der Waals surface area contributed by atoms with E-state index in [0.717, 1.165) is 0 Å². The van der Waals surface area contributed by atoms with Crippen molar-refractivity contribution in [1.82, 2.24) is 10.2 Å². The van der Waals surface area contributed by atoms with E-state index in [9.17, 15) is 9.59 Å². The van der Waals surface area contributed by atoms with E-state index < -0.39 is 12.1 Å². The van der Waals surface area contributed by atoms with Gasteiger partial charge in [-0.3, -0.25) is 9.59 Å². The number of nitrogens with zero attached hydrogens (tertiary/aromatic N) is 1. The lowest BCUT2D eigenvalue weighted by atomic mass is 10.2. The Bertz CT molecular complexity index is 216. The third kappa shape index (κ3) is 3.33. The molecule has 0 heterocycles. The Balaban J connectivity index is 4.31. The minimum atomic E-state index is -0.572. The summed E-state index contributed by atoms with van der Waals surface area (Å²) in [6, 6.07) is -1.05. The zero-order chi connectivity index (χ0) is 11.3. The van der Waals surface area contributed by atoms with Crippen molar-refractivity contribution in [2.24, 2.45) is 5.73 Å². The van der Waals surface area contributed by atoms with E-state index in [1.54, 1.807) is 20.9 Å². The van der Waals surface area contributed by atoms with Gasteiger partial charge in [-0.1, -0.05) is 0 Å². The Morgan fingerprint density at radius 3 is 2.29 bits per heavy atom. The lowest BCUT2D eigenvalue weighted by molar-refractivity contribution is -0.138. The second-order valence-electron chi connectivity index (χ2n) is 3.31. The SMILES string of the molecule is CCNC(=O)[C@H](C)N(C)C(=O)[C@H](C)N. The minimum Gasteiger partial charge on any atom is -0.355 e. The van der Waals surface area contributed by atoms with Crippen LogP contribution in [0.25, 0.3) is 0 Å². The van der Waals surface area contributed by atoms with Crippen LogP contribution >= 0.6 is 0 Å². The van der Waals surface area contributed by atoms with Crippen LogP contribution in [0.3, 0.4) is 0 Å². The van der Waals surface area contributed by atoms with Gasteiger partial charge in [-0.15, -0.1) is 0 Å². The third-order valence-electron chi connectivity index (χ3n) is 2.05. The number of carbonyl (C=O) groups excluding carboxylic acids is 2. The monoisotopic (exact) mass is 201 g/mol. The summed E-state index contributed by atoms with van der Waals surface area (Å²) in [5.74, 6) is -0.396. The summed E-state index contributed by atoms with van der Waals surface area (Å²) < 4.78 is 0. The number of hydrogen-bond acceptors (Lipinski definition) is 3. The van der Waals surface area contributed by atoms with Crippen LogP contribution in [-0.4, -0.2) is 42.4 Å². The molecule has 5 nitrogen and oxygen atoms in total. The first-order chi connectivity index (χ1) is 6.41. The fourth-order valence-corrected chi connectivity index (χ4v) is 1.01. The molecule has 0 aliphatic heterocycles. The van der Waals surface area contributed by atoms with Gasteiger partial charge in [-0.2, -0.15) is 0 Å². The first-order valence-corrected chi connectivity index (χ1v) is 4.71. The van der Waals surface area contributed by atoms with Crippen LogP contribution in [-0.2, 0) is 9.59 Å². The van der Waals surface area contributed by atoms with Crippen molar-refractivity contribution in [1.29, 1.82) is 0 Å². The third-order valence-corrected chi connectivity index (χ3v) is 2.05. The second kappa shape index (κ2) is 5.59. The lowest BCUT2D eigenvalue weighted by Gasteiger charge is -2.25. The number of hydrogen-bond donors (Lipinski definition) is 2. The molecule has 0 radical (unpaired) electrons. The molecular formula is C9H19N3O2. The molecule has 0 aliphatic rings. The number of nitrogens with two attached hydrogens (primary N) is 1. The largest absolute Gasteiger partial charge is 0.355 e. The van der Waals surface area contributed by atoms with E-state index in [4.69, 9.17) is 5.73 Å². The molecule has 0 unspecified atom stereocenters. The van der Waals surface area contributed by atoms with Crippen molar-refractivity contribution in [2.75, 3.05) is 13.6 Å². The van der Waals surface area contributed by atoms with Gasteiger partial charge in [-0.25, -0.2) is 0 Å². The zero-order valence-corrected chi connectivity index (χ0v) is 9.20. The van der Waals surface area contributed by atoms with Crippen molar-refractivity contribution in [2.45, 2.75) is 32.9 Å². The number of likely N-dealkylation sites (N-methyl/N-ethyl adjacent to an activating group) is 2. The summed E-state index contributed by atoms with van der Waals surface area (Å²) in [7, 11) is 1.58.